The maximum Gasteiger partial charge on any atom is 0.251 e. The molecule has 1 saturated carbocycles. The lowest BCUT2D eigenvalue weighted by atomic mass is 9.90. The molecular formula is C19H21ClFNO. The third kappa shape index (κ3) is 3.66. The summed E-state index contributed by atoms with van der Waals surface area (Å²) in [6, 6.07) is 8.79. The lowest BCUT2D eigenvalue weighted by Gasteiger charge is -2.18. The molecule has 0 aliphatic heterocycles. The second-order valence-corrected chi connectivity index (χ2v) is 6.75. The standard InChI is InChI=1S/C19H21ClFNO/c1-2-3-4-14(13-7-9-17(21)16(20)11-13)18-10-8-15(12-5-6-12)19(23)22-18/h7-12,14H,2-6H2,1H3,(H,22,23). The Morgan fingerprint density at radius 1 is 1.30 bits per heavy atom. The van der Waals surface area contributed by atoms with Crippen LogP contribution in [0.25, 0.3) is 0 Å². The molecule has 0 amide bonds. The topological polar surface area (TPSA) is 32.9 Å². The molecule has 0 saturated heterocycles. The summed E-state index contributed by atoms with van der Waals surface area (Å²) in [5.41, 5.74) is 2.73. The Morgan fingerprint density at radius 2 is 2.09 bits per heavy atom. The molecule has 0 spiro atoms. The first-order valence-electron chi connectivity index (χ1n) is 8.28. The smallest absolute Gasteiger partial charge is 0.251 e. The second-order valence-electron chi connectivity index (χ2n) is 6.34. The Balaban J connectivity index is 1.96. The first-order chi connectivity index (χ1) is 11.1. The number of aromatic amines is 1. The number of nitrogens with one attached hydrogen (secondary N) is 1. The molecule has 122 valence electrons. The van der Waals surface area contributed by atoms with E-state index in [-0.39, 0.29) is 16.5 Å². The molecule has 4 heteroatoms. The maximum absolute atomic E-state index is 13.4. The number of unbranched alkanes of at least 4 members (excludes halogenated alkanes) is 1. The molecule has 1 aromatic carbocycles. The summed E-state index contributed by atoms with van der Waals surface area (Å²) in [5, 5.41) is 0.126. The monoisotopic (exact) mass is 333 g/mol. The van der Waals surface area contributed by atoms with E-state index in [1.807, 2.05) is 12.1 Å². The van der Waals surface area contributed by atoms with Crippen LogP contribution in [0.15, 0.2) is 35.1 Å². The van der Waals surface area contributed by atoms with Gasteiger partial charge in [0.1, 0.15) is 5.82 Å². The highest BCUT2D eigenvalue weighted by Gasteiger charge is 2.26. The van der Waals surface area contributed by atoms with E-state index >= 15 is 0 Å². The Morgan fingerprint density at radius 3 is 2.70 bits per heavy atom. The van der Waals surface area contributed by atoms with Gasteiger partial charge < -0.3 is 4.98 Å². The lowest BCUT2D eigenvalue weighted by Crippen LogP contribution is -2.16. The highest BCUT2D eigenvalue weighted by Crippen LogP contribution is 2.38. The van der Waals surface area contributed by atoms with Crippen molar-refractivity contribution in [2.75, 3.05) is 0 Å². The fraction of sp³-hybridized carbons (Fsp3) is 0.421. The third-order valence-electron chi connectivity index (χ3n) is 4.55. The minimum atomic E-state index is -0.415. The van der Waals surface area contributed by atoms with Crippen molar-refractivity contribution < 1.29 is 4.39 Å². The van der Waals surface area contributed by atoms with E-state index in [0.717, 1.165) is 48.9 Å². The number of pyridine rings is 1. The molecule has 0 radical (unpaired) electrons. The molecule has 2 nitrogen and oxygen atoms in total. The Hall–Kier alpha value is -1.61. The van der Waals surface area contributed by atoms with E-state index in [1.165, 1.54) is 6.07 Å². The van der Waals surface area contributed by atoms with Crippen molar-refractivity contribution in [2.45, 2.75) is 50.9 Å². The number of hydrogen-bond donors (Lipinski definition) is 1. The van der Waals surface area contributed by atoms with E-state index in [1.54, 1.807) is 12.1 Å². The Kier molecular flexibility index (Phi) is 4.86. The van der Waals surface area contributed by atoms with Gasteiger partial charge in [-0.15, -0.1) is 0 Å². The van der Waals surface area contributed by atoms with Crippen molar-refractivity contribution >= 4 is 11.6 Å². The van der Waals surface area contributed by atoms with Crippen LogP contribution >= 0.6 is 11.6 Å². The molecule has 2 aromatic rings. The van der Waals surface area contributed by atoms with E-state index in [4.69, 9.17) is 11.6 Å². The molecule has 23 heavy (non-hydrogen) atoms. The molecule has 1 atom stereocenters. The fourth-order valence-electron chi connectivity index (χ4n) is 3.06. The quantitative estimate of drug-likeness (QED) is 0.757. The predicted octanol–water partition coefficient (Wildman–Crippen LogP) is 5.37. The maximum atomic E-state index is 13.4. The van der Waals surface area contributed by atoms with Gasteiger partial charge in [-0.25, -0.2) is 4.39 Å². The van der Waals surface area contributed by atoms with Crippen LogP contribution in [-0.2, 0) is 0 Å². The lowest BCUT2D eigenvalue weighted by molar-refractivity contribution is 0.617. The fourth-order valence-corrected chi connectivity index (χ4v) is 3.25. The van der Waals surface area contributed by atoms with Gasteiger partial charge in [0, 0.05) is 17.2 Å². The van der Waals surface area contributed by atoms with E-state index < -0.39 is 5.82 Å². The van der Waals surface area contributed by atoms with Crippen LogP contribution in [0.4, 0.5) is 4.39 Å². The van der Waals surface area contributed by atoms with Gasteiger partial charge in [0.25, 0.3) is 5.56 Å². The first-order valence-corrected chi connectivity index (χ1v) is 8.66. The zero-order valence-electron chi connectivity index (χ0n) is 13.2. The summed E-state index contributed by atoms with van der Waals surface area (Å²) in [4.78, 5) is 15.4. The summed E-state index contributed by atoms with van der Waals surface area (Å²) >= 11 is 5.94. The van der Waals surface area contributed by atoms with Crippen LogP contribution < -0.4 is 5.56 Å². The zero-order valence-corrected chi connectivity index (χ0v) is 14.0. The molecule has 1 heterocycles. The molecule has 3 rings (SSSR count). The average molecular weight is 334 g/mol. The SMILES string of the molecule is CCCCC(c1ccc(F)c(Cl)c1)c1ccc(C2CC2)c(=O)[nH]1. The number of rotatable bonds is 6. The van der Waals surface area contributed by atoms with Crippen LogP contribution in [0.2, 0.25) is 5.02 Å². The molecule has 1 aliphatic carbocycles. The van der Waals surface area contributed by atoms with Crippen molar-refractivity contribution in [1.82, 2.24) is 4.98 Å². The van der Waals surface area contributed by atoms with Crippen molar-refractivity contribution in [3.05, 3.63) is 68.3 Å². The molecule has 1 aromatic heterocycles. The van der Waals surface area contributed by atoms with Crippen molar-refractivity contribution in [3.63, 3.8) is 0 Å². The minimum absolute atomic E-state index is 0.0136. The summed E-state index contributed by atoms with van der Waals surface area (Å²) in [6.45, 7) is 2.13. The van der Waals surface area contributed by atoms with Gasteiger partial charge in [-0.2, -0.15) is 0 Å². The number of halogens is 2. The summed E-state index contributed by atoms with van der Waals surface area (Å²) in [7, 11) is 0. The van der Waals surface area contributed by atoms with E-state index in [2.05, 4.69) is 11.9 Å². The second kappa shape index (κ2) is 6.88. The van der Waals surface area contributed by atoms with Crippen LogP contribution in [0.5, 0.6) is 0 Å². The van der Waals surface area contributed by atoms with Gasteiger partial charge in [0.2, 0.25) is 0 Å². The van der Waals surface area contributed by atoms with Gasteiger partial charge in [0.05, 0.1) is 5.02 Å². The van der Waals surface area contributed by atoms with Gasteiger partial charge in [-0.3, -0.25) is 4.79 Å². The number of benzene rings is 1. The normalized spacial score (nSPS) is 15.6. The van der Waals surface area contributed by atoms with Crippen molar-refractivity contribution in [2.24, 2.45) is 0 Å². The van der Waals surface area contributed by atoms with Crippen molar-refractivity contribution in [3.8, 4) is 0 Å². The molecule has 1 N–H and O–H groups in total. The Labute approximate surface area is 140 Å². The molecule has 1 unspecified atom stereocenters. The van der Waals surface area contributed by atoms with Gasteiger partial charge in [0.15, 0.2) is 0 Å². The Bertz CT molecular complexity index is 751. The van der Waals surface area contributed by atoms with Gasteiger partial charge in [-0.05, 0) is 48.9 Å². The van der Waals surface area contributed by atoms with Gasteiger partial charge in [-0.1, -0.05) is 43.5 Å². The molecule has 1 fully saturated rings. The highest BCUT2D eigenvalue weighted by atomic mass is 35.5. The molecular weight excluding hydrogens is 313 g/mol. The first kappa shape index (κ1) is 16.3. The summed E-state index contributed by atoms with van der Waals surface area (Å²) < 4.78 is 13.4. The summed E-state index contributed by atoms with van der Waals surface area (Å²) in [5.74, 6) is 0.0541. The third-order valence-corrected chi connectivity index (χ3v) is 4.84. The predicted molar refractivity (Wildman–Crippen MR) is 91.8 cm³/mol. The molecule has 0 bridgehead atoms. The number of hydrogen-bond acceptors (Lipinski definition) is 1. The average Bonchev–Trinajstić information content (AvgIpc) is 3.36. The molecule has 1 aliphatic rings. The van der Waals surface area contributed by atoms with Crippen LogP contribution in [-0.4, -0.2) is 4.98 Å². The summed E-state index contributed by atoms with van der Waals surface area (Å²) in [6.07, 6.45) is 5.21. The largest absolute Gasteiger partial charge is 0.325 e. The van der Waals surface area contributed by atoms with E-state index in [9.17, 15) is 9.18 Å². The van der Waals surface area contributed by atoms with Crippen LogP contribution in [0, 0.1) is 5.82 Å². The number of H-pyrrole nitrogens is 1. The van der Waals surface area contributed by atoms with Gasteiger partial charge >= 0.3 is 0 Å². The number of aromatic nitrogens is 1. The van der Waals surface area contributed by atoms with Crippen LogP contribution in [0.1, 0.15) is 67.7 Å². The zero-order chi connectivity index (χ0) is 16.4. The highest BCUT2D eigenvalue weighted by molar-refractivity contribution is 6.30. The van der Waals surface area contributed by atoms with Crippen molar-refractivity contribution in [1.29, 1.82) is 0 Å². The van der Waals surface area contributed by atoms with E-state index in [0.29, 0.717) is 5.92 Å². The van der Waals surface area contributed by atoms with Crippen LogP contribution in [0.3, 0.4) is 0 Å². The minimum Gasteiger partial charge on any atom is -0.325 e.